The maximum atomic E-state index is 3.79. The van der Waals surface area contributed by atoms with Crippen LogP contribution in [0.25, 0.3) is 0 Å². The van der Waals surface area contributed by atoms with E-state index in [1.165, 1.54) is 10.1 Å². The Morgan fingerprint density at radius 1 is 1.37 bits per heavy atom. The molecule has 0 amide bonds. The number of nitrogens with zero attached hydrogens (tertiary/aromatic N) is 1. The second-order valence-corrected chi connectivity index (χ2v) is 14.7. The molecule has 102 valence electrons. The summed E-state index contributed by atoms with van der Waals surface area (Å²) in [6.07, 6.45) is 14.7. The van der Waals surface area contributed by atoms with Crippen LogP contribution >= 0.6 is 0 Å². The van der Waals surface area contributed by atoms with Gasteiger partial charge in [0, 0.05) is 0 Å². The molecule has 0 fully saturated rings. The first-order chi connectivity index (χ1) is 9.00. The zero-order valence-corrected chi connectivity index (χ0v) is 15.8. The Hall–Kier alpha value is -0.991. The first kappa shape index (κ1) is 16.1. The quantitative estimate of drug-likeness (QED) is 0.343. The number of hydrogen-bond acceptors (Lipinski definition) is 1. The van der Waals surface area contributed by atoms with Gasteiger partial charge in [-0.3, -0.25) is 0 Å². The summed E-state index contributed by atoms with van der Waals surface area (Å²) in [4.78, 5) is 4.89. The van der Waals surface area contributed by atoms with E-state index in [9.17, 15) is 0 Å². The zero-order chi connectivity index (χ0) is 14.3. The van der Waals surface area contributed by atoms with Crippen molar-refractivity contribution < 1.29 is 4.58 Å². The maximum absolute atomic E-state index is 3.79. The fourth-order valence-electron chi connectivity index (χ4n) is 2.47. The third-order valence-corrected chi connectivity index (χ3v) is 7.17. The number of allylic oxidation sites excluding steroid dienone is 5. The molecule has 1 aliphatic heterocycles. The third kappa shape index (κ3) is 4.88. The van der Waals surface area contributed by atoms with E-state index in [1.54, 1.807) is 0 Å². The zero-order valence-electron chi connectivity index (χ0n) is 12.5. The molecule has 1 aliphatic rings. The number of rotatable bonds is 5. The van der Waals surface area contributed by atoms with Crippen molar-refractivity contribution in [2.24, 2.45) is 5.41 Å². The molecular formula is C16H25N2Sn+. The van der Waals surface area contributed by atoms with Gasteiger partial charge in [-0.05, 0) is 0 Å². The van der Waals surface area contributed by atoms with Gasteiger partial charge in [0.05, 0.1) is 0 Å². The van der Waals surface area contributed by atoms with Gasteiger partial charge < -0.3 is 0 Å². The molecule has 0 bridgehead atoms. The molecule has 0 saturated carbocycles. The molecular weight excluding hydrogens is 339 g/mol. The Morgan fingerprint density at radius 3 is 2.68 bits per heavy atom. The van der Waals surface area contributed by atoms with Gasteiger partial charge in [0.25, 0.3) is 0 Å². The molecule has 1 atom stereocenters. The Morgan fingerprint density at radius 2 is 2.11 bits per heavy atom. The molecule has 3 heteroatoms. The topological polar surface area (TPSA) is 15.0 Å². The minimum atomic E-state index is -1.44. The summed E-state index contributed by atoms with van der Waals surface area (Å²) >= 11 is -1.44. The van der Waals surface area contributed by atoms with E-state index in [2.05, 4.69) is 70.6 Å². The molecule has 1 rings (SSSR count). The van der Waals surface area contributed by atoms with E-state index in [0.717, 1.165) is 0 Å². The van der Waals surface area contributed by atoms with Crippen LogP contribution in [-0.2, 0) is 0 Å². The first-order valence-corrected chi connectivity index (χ1v) is 15.6. The second kappa shape index (κ2) is 7.56. The average molecular weight is 364 g/mol. The molecule has 2 nitrogen and oxygen atoms in total. The van der Waals surface area contributed by atoms with Gasteiger partial charge in [0.1, 0.15) is 0 Å². The van der Waals surface area contributed by atoms with Crippen molar-refractivity contribution in [3.05, 3.63) is 54.6 Å². The van der Waals surface area contributed by atoms with Crippen LogP contribution in [-0.4, -0.2) is 44.6 Å². The SMILES string of the molecule is C=C=CC(C=[N+](C)C)([CH2][SnH]([CH3])[CH3])C1=CC=CC=CN1. The first-order valence-electron chi connectivity index (χ1n) is 6.70. The van der Waals surface area contributed by atoms with Crippen LogP contribution in [0.2, 0.25) is 14.3 Å². The van der Waals surface area contributed by atoms with E-state index >= 15 is 0 Å². The standard InChI is InChI=1S/C14H18N2.2CH3.Sn.H/c1-5-10-14(2,12-16(3)4)13-9-7-6-8-11-15-13;;;;/h6-12,15H,1-2H2,3-4H3;2*1H3;;/q+1;;;;. The van der Waals surface area contributed by atoms with E-state index in [-0.39, 0.29) is 5.41 Å². The van der Waals surface area contributed by atoms with Crippen molar-refractivity contribution in [3.63, 3.8) is 0 Å². The van der Waals surface area contributed by atoms with Crippen molar-refractivity contribution in [2.45, 2.75) is 14.3 Å². The predicted molar refractivity (Wildman–Crippen MR) is 87.5 cm³/mol. The van der Waals surface area contributed by atoms with Crippen LogP contribution in [0.1, 0.15) is 0 Å². The van der Waals surface area contributed by atoms with Gasteiger partial charge in [0.15, 0.2) is 0 Å². The predicted octanol–water partition coefficient (Wildman–Crippen LogP) is 2.70. The van der Waals surface area contributed by atoms with Gasteiger partial charge in [-0.2, -0.15) is 0 Å². The van der Waals surface area contributed by atoms with Crippen LogP contribution in [0, 0.1) is 5.41 Å². The van der Waals surface area contributed by atoms with Gasteiger partial charge >= 0.3 is 124 Å². The number of hydrogen-bond donors (Lipinski definition) is 1. The van der Waals surface area contributed by atoms with Crippen molar-refractivity contribution in [2.75, 3.05) is 14.1 Å². The average Bonchev–Trinajstić information content (AvgIpc) is 2.55. The molecule has 0 radical (unpaired) electrons. The van der Waals surface area contributed by atoms with Gasteiger partial charge in [-0.15, -0.1) is 0 Å². The van der Waals surface area contributed by atoms with Gasteiger partial charge in [-0.1, -0.05) is 0 Å². The van der Waals surface area contributed by atoms with Gasteiger partial charge in [-0.25, -0.2) is 0 Å². The normalized spacial score (nSPS) is 16.8. The van der Waals surface area contributed by atoms with Crippen LogP contribution in [0.4, 0.5) is 0 Å². The van der Waals surface area contributed by atoms with Crippen LogP contribution < -0.4 is 5.32 Å². The van der Waals surface area contributed by atoms with E-state index in [4.69, 9.17) is 0 Å². The number of nitrogens with one attached hydrogen (secondary N) is 1. The van der Waals surface area contributed by atoms with Gasteiger partial charge in [0.2, 0.25) is 0 Å². The summed E-state index contributed by atoms with van der Waals surface area (Å²) in [5.41, 5.74) is 4.11. The molecule has 0 aliphatic carbocycles. The fourth-order valence-corrected chi connectivity index (χ4v) is 7.59. The summed E-state index contributed by atoms with van der Waals surface area (Å²) < 4.78 is 3.35. The summed E-state index contributed by atoms with van der Waals surface area (Å²) in [6, 6.07) is 0. The fraction of sp³-hybridized carbons (Fsp3) is 0.375. The van der Waals surface area contributed by atoms with Crippen LogP contribution in [0.3, 0.4) is 0 Å². The Bertz CT molecular complexity index is 473. The van der Waals surface area contributed by atoms with Crippen molar-refractivity contribution >= 4 is 26.0 Å². The third-order valence-electron chi connectivity index (χ3n) is 2.92. The van der Waals surface area contributed by atoms with Crippen LogP contribution in [0.15, 0.2) is 54.6 Å². The minimum absolute atomic E-state index is 0.103. The van der Waals surface area contributed by atoms with E-state index in [1.807, 2.05) is 18.4 Å². The Balaban J connectivity index is 3.33. The monoisotopic (exact) mass is 365 g/mol. The molecule has 0 spiro atoms. The Labute approximate surface area is 124 Å². The molecule has 1 heterocycles. The van der Waals surface area contributed by atoms with Crippen LogP contribution in [0.5, 0.6) is 0 Å². The second-order valence-electron chi connectivity index (χ2n) is 5.55. The molecule has 0 aromatic heterocycles. The van der Waals surface area contributed by atoms with Crippen molar-refractivity contribution in [3.8, 4) is 0 Å². The summed E-state index contributed by atoms with van der Waals surface area (Å²) in [7, 11) is 4.15. The molecule has 19 heavy (non-hydrogen) atoms. The summed E-state index contributed by atoms with van der Waals surface area (Å²) in [5, 5.41) is 3.41. The van der Waals surface area contributed by atoms with E-state index < -0.39 is 19.8 Å². The molecule has 1 unspecified atom stereocenters. The summed E-state index contributed by atoms with van der Waals surface area (Å²) in [6.45, 7) is 3.79. The summed E-state index contributed by atoms with van der Waals surface area (Å²) in [5.74, 6) is 0. The van der Waals surface area contributed by atoms with Crippen molar-refractivity contribution in [1.82, 2.24) is 5.32 Å². The molecule has 1 N–H and O–H groups in total. The Kier molecular flexibility index (Phi) is 6.39. The van der Waals surface area contributed by atoms with E-state index in [0.29, 0.717) is 0 Å². The van der Waals surface area contributed by atoms with Crippen molar-refractivity contribution in [1.29, 1.82) is 0 Å². The molecule has 0 saturated heterocycles. The molecule has 0 aromatic carbocycles. The molecule has 0 aromatic rings.